The molecule has 4 rings (SSSR count). The molecule has 0 saturated carbocycles. The minimum absolute atomic E-state index is 0.0481. The predicted molar refractivity (Wildman–Crippen MR) is 113 cm³/mol. The number of anilines is 1. The zero-order valence-corrected chi connectivity index (χ0v) is 17.2. The summed E-state index contributed by atoms with van der Waals surface area (Å²) in [5.41, 5.74) is 2.67. The van der Waals surface area contributed by atoms with Crippen molar-refractivity contribution in [2.24, 2.45) is 0 Å². The van der Waals surface area contributed by atoms with Crippen LogP contribution in [0.4, 0.5) is 10.1 Å². The number of nitrogens with zero attached hydrogens (tertiary/aromatic N) is 3. The second-order valence-corrected chi connectivity index (χ2v) is 7.56. The number of hydrogen-bond donors (Lipinski definition) is 3. The van der Waals surface area contributed by atoms with E-state index in [9.17, 15) is 14.3 Å². The molecule has 1 aliphatic heterocycles. The van der Waals surface area contributed by atoms with Crippen molar-refractivity contribution in [1.29, 1.82) is 0 Å². The smallest absolute Gasteiger partial charge is 0.255 e. The lowest BCUT2D eigenvalue weighted by atomic mass is 10.0. The molecule has 3 heterocycles. The van der Waals surface area contributed by atoms with Crippen LogP contribution in [0.2, 0.25) is 0 Å². The number of pyridine rings is 1. The Kier molecular flexibility index (Phi) is 6.06. The Hall–Kier alpha value is -3.17. The van der Waals surface area contributed by atoms with Gasteiger partial charge in [-0.1, -0.05) is 0 Å². The van der Waals surface area contributed by atoms with E-state index in [2.05, 4.69) is 15.3 Å². The molecule has 3 N–H and O–H groups in total. The number of carbonyl (C=O) groups is 1. The van der Waals surface area contributed by atoms with Gasteiger partial charge in [0.1, 0.15) is 11.6 Å². The zero-order chi connectivity index (χ0) is 22.0. The number of aliphatic hydroxyl groups is 2. The van der Waals surface area contributed by atoms with Gasteiger partial charge in [0.25, 0.3) is 5.91 Å². The lowest BCUT2D eigenvalue weighted by Gasteiger charge is -2.28. The largest absolute Gasteiger partial charge is 0.496 e. The monoisotopic (exact) mass is 428 g/mol. The van der Waals surface area contributed by atoms with Gasteiger partial charge in [0, 0.05) is 30.5 Å². The summed E-state index contributed by atoms with van der Waals surface area (Å²) in [6, 6.07) is 8.30. The molecule has 164 valence electrons. The molecule has 1 aromatic carbocycles. The summed E-state index contributed by atoms with van der Waals surface area (Å²) in [4.78, 5) is 14.7. The highest BCUT2D eigenvalue weighted by atomic mass is 19.1. The number of benzene rings is 1. The average molecular weight is 428 g/mol. The molecular formula is C22H25FN4O4. The Balaban J connectivity index is 1.65. The van der Waals surface area contributed by atoms with Crippen molar-refractivity contribution < 1.29 is 24.1 Å². The van der Waals surface area contributed by atoms with Crippen molar-refractivity contribution in [3.8, 4) is 5.75 Å². The highest BCUT2D eigenvalue weighted by Gasteiger charge is 2.29. The maximum atomic E-state index is 14.0. The summed E-state index contributed by atoms with van der Waals surface area (Å²) in [6.07, 6.45) is 4.03. The number of rotatable bonds is 7. The van der Waals surface area contributed by atoms with Crippen LogP contribution < -0.4 is 15.0 Å². The summed E-state index contributed by atoms with van der Waals surface area (Å²) >= 11 is 0. The number of amides is 1. The molecule has 0 unspecified atom stereocenters. The third-order valence-electron chi connectivity index (χ3n) is 5.59. The predicted octanol–water partition coefficient (Wildman–Crippen LogP) is 1.91. The number of ether oxygens (including phenoxy) is 1. The fourth-order valence-corrected chi connectivity index (χ4v) is 4.06. The number of aromatic nitrogens is 2. The van der Waals surface area contributed by atoms with E-state index >= 15 is 0 Å². The number of halogens is 1. The number of methoxy groups -OCH3 is 1. The normalized spacial score (nSPS) is 17.2. The topological polar surface area (TPSA) is 99.3 Å². The fraction of sp³-hybridized carbons (Fsp3) is 0.364. The minimum Gasteiger partial charge on any atom is -0.496 e. The van der Waals surface area contributed by atoms with Gasteiger partial charge in [0.2, 0.25) is 0 Å². The number of carbonyl (C=O) groups excluding carboxylic acids is 1. The van der Waals surface area contributed by atoms with E-state index < -0.39 is 12.7 Å². The Labute approximate surface area is 178 Å². The van der Waals surface area contributed by atoms with Crippen molar-refractivity contribution in [3.05, 3.63) is 59.7 Å². The summed E-state index contributed by atoms with van der Waals surface area (Å²) in [7, 11) is 1.58. The maximum Gasteiger partial charge on any atom is 0.255 e. The van der Waals surface area contributed by atoms with Gasteiger partial charge in [-0.25, -0.2) is 8.91 Å². The van der Waals surface area contributed by atoms with Gasteiger partial charge in [-0.15, -0.1) is 0 Å². The first-order valence-electron chi connectivity index (χ1n) is 10.2. The van der Waals surface area contributed by atoms with E-state index in [1.807, 2.05) is 12.1 Å². The molecule has 0 spiro atoms. The van der Waals surface area contributed by atoms with Gasteiger partial charge in [0.15, 0.2) is 0 Å². The van der Waals surface area contributed by atoms with E-state index in [-0.39, 0.29) is 24.3 Å². The first-order valence-corrected chi connectivity index (χ1v) is 10.2. The van der Waals surface area contributed by atoms with Gasteiger partial charge >= 0.3 is 0 Å². The highest BCUT2D eigenvalue weighted by Crippen LogP contribution is 2.40. The maximum absolute atomic E-state index is 14.0. The molecule has 0 bridgehead atoms. The summed E-state index contributed by atoms with van der Waals surface area (Å²) < 4.78 is 21.0. The molecule has 2 atom stereocenters. The van der Waals surface area contributed by atoms with Crippen LogP contribution in [0.3, 0.4) is 0 Å². The minimum atomic E-state index is -1.02. The number of aliphatic hydroxyl groups excluding tert-OH is 2. The molecular weight excluding hydrogens is 403 g/mol. The van der Waals surface area contributed by atoms with Crippen molar-refractivity contribution in [2.75, 3.05) is 31.7 Å². The van der Waals surface area contributed by atoms with E-state index in [4.69, 9.17) is 9.84 Å². The average Bonchev–Trinajstić information content (AvgIpc) is 3.43. The third-order valence-corrected chi connectivity index (χ3v) is 5.59. The third kappa shape index (κ3) is 4.19. The van der Waals surface area contributed by atoms with Crippen LogP contribution in [0.15, 0.2) is 42.7 Å². The van der Waals surface area contributed by atoms with Crippen LogP contribution in [0.25, 0.3) is 5.52 Å². The van der Waals surface area contributed by atoms with Gasteiger partial charge in [-0.2, -0.15) is 5.10 Å². The number of fused-ring (bicyclic) bond motifs is 1. The zero-order valence-electron chi connectivity index (χ0n) is 17.2. The molecule has 0 aliphatic carbocycles. The van der Waals surface area contributed by atoms with E-state index in [0.717, 1.165) is 30.6 Å². The van der Waals surface area contributed by atoms with Gasteiger partial charge < -0.3 is 25.2 Å². The molecule has 2 aromatic heterocycles. The summed E-state index contributed by atoms with van der Waals surface area (Å²) in [5, 5.41) is 25.2. The lowest BCUT2D eigenvalue weighted by Crippen LogP contribution is -2.33. The van der Waals surface area contributed by atoms with Gasteiger partial charge in [0.05, 0.1) is 43.1 Å². The molecule has 31 heavy (non-hydrogen) atoms. The van der Waals surface area contributed by atoms with Crippen LogP contribution in [0.5, 0.6) is 5.75 Å². The van der Waals surface area contributed by atoms with Crippen molar-refractivity contribution in [1.82, 2.24) is 14.9 Å². The van der Waals surface area contributed by atoms with Gasteiger partial charge in [-0.05, 0) is 43.2 Å². The fourth-order valence-electron chi connectivity index (χ4n) is 4.06. The van der Waals surface area contributed by atoms with Crippen molar-refractivity contribution >= 4 is 17.1 Å². The Morgan fingerprint density at radius 1 is 1.39 bits per heavy atom. The highest BCUT2D eigenvalue weighted by molar-refractivity contribution is 6.01. The number of nitrogens with one attached hydrogen (secondary N) is 1. The Morgan fingerprint density at radius 2 is 2.23 bits per heavy atom. The van der Waals surface area contributed by atoms with Crippen molar-refractivity contribution in [2.45, 2.75) is 25.0 Å². The molecule has 1 aliphatic rings. The molecule has 8 nitrogen and oxygen atoms in total. The second-order valence-electron chi connectivity index (χ2n) is 7.56. The molecule has 1 fully saturated rings. The Bertz CT molecular complexity index is 1090. The van der Waals surface area contributed by atoms with Crippen molar-refractivity contribution in [3.63, 3.8) is 0 Å². The van der Waals surface area contributed by atoms with Crippen LogP contribution in [-0.2, 0) is 0 Å². The van der Waals surface area contributed by atoms with Crippen LogP contribution in [-0.4, -0.2) is 58.6 Å². The first-order chi connectivity index (χ1) is 15.0. The lowest BCUT2D eigenvalue weighted by molar-refractivity contribution is 0.0803. The van der Waals surface area contributed by atoms with Crippen LogP contribution >= 0.6 is 0 Å². The number of hydrogen-bond acceptors (Lipinski definition) is 6. The quantitative estimate of drug-likeness (QED) is 0.532. The van der Waals surface area contributed by atoms with E-state index in [0.29, 0.717) is 16.8 Å². The molecule has 9 heteroatoms. The first kappa shape index (κ1) is 21.1. The van der Waals surface area contributed by atoms with E-state index in [1.165, 1.54) is 18.3 Å². The molecule has 1 amide bonds. The Morgan fingerprint density at radius 3 is 3.00 bits per heavy atom. The molecule has 3 aromatic rings. The summed E-state index contributed by atoms with van der Waals surface area (Å²) in [5.74, 6) is -0.0476. The van der Waals surface area contributed by atoms with Crippen LogP contribution in [0.1, 0.15) is 34.8 Å². The molecule has 1 saturated heterocycles. The van der Waals surface area contributed by atoms with E-state index in [1.54, 1.807) is 23.9 Å². The SMILES string of the molecule is COc1ccc(F)cc1[C@H]1CCCN1c1ccn2ncc(C(=O)NC[C@H](O)CO)c2c1. The van der Waals surface area contributed by atoms with Gasteiger partial charge in [-0.3, -0.25) is 4.79 Å². The summed E-state index contributed by atoms with van der Waals surface area (Å²) in [6.45, 7) is 0.303. The molecule has 0 radical (unpaired) electrons. The standard InChI is InChI=1S/C22H25FN4O4/c1-31-21-5-4-14(23)9-17(21)19-3-2-7-26(19)15-6-8-27-20(10-15)18(12-25-27)22(30)24-11-16(29)13-28/h4-6,8-10,12,16,19,28-29H,2-3,7,11,13H2,1H3,(H,24,30)/t16-,19+/m0/s1. The second kappa shape index (κ2) is 8.91. The van der Waals surface area contributed by atoms with Crippen LogP contribution in [0, 0.1) is 5.82 Å².